The molecule has 1 amide bonds. The molecule has 0 radical (unpaired) electrons. The van der Waals surface area contributed by atoms with E-state index in [1.54, 1.807) is 21.3 Å². The summed E-state index contributed by atoms with van der Waals surface area (Å²) in [6.07, 6.45) is 1.02. The van der Waals surface area contributed by atoms with Gasteiger partial charge >= 0.3 is 0 Å². The van der Waals surface area contributed by atoms with Crippen molar-refractivity contribution in [2.45, 2.75) is 19.8 Å². The standard InChI is InChI=1S/C21H27NO5/c1-15-5-8-18(19(13-15)25-3)27-12-11-22-21(23)10-7-16-6-9-17(24-2)20(14-16)26-4/h5-6,8-9,13-14H,7,10-12H2,1-4H3,(H,22,23). The number of carbonyl (C=O) groups is 1. The number of hydrogen-bond donors (Lipinski definition) is 1. The van der Waals surface area contributed by atoms with Crippen molar-refractivity contribution in [2.75, 3.05) is 34.5 Å². The lowest BCUT2D eigenvalue weighted by Crippen LogP contribution is -2.28. The fourth-order valence-corrected chi connectivity index (χ4v) is 2.63. The van der Waals surface area contributed by atoms with Gasteiger partial charge in [0.05, 0.1) is 27.9 Å². The maximum atomic E-state index is 12.0. The predicted octanol–water partition coefficient (Wildman–Crippen LogP) is 3.15. The molecule has 0 bridgehead atoms. The second-order valence-corrected chi connectivity index (χ2v) is 6.04. The zero-order chi connectivity index (χ0) is 19.6. The van der Waals surface area contributed by atoms with E-state index >= 15 is 0 Å². The summed E-state index contributed by atoms with van der Waals surface area (Å²) in [7, 11) is 4.80. The molecule has 2 rings (SSSR count). The first-order chi connectivity index (χ1) is 13.1. The van der Waals surface area contributed by atoms with E-state index in [0.717, 1.165) is 11.1 Å². The van der Waals surface area contributed by atoms with Gasteiger partial charge in [0.2, 0.25) is 5.91 Å². The lowest BCUT2D eigenvalue weighted by molar-refractivity contribution is -0.121. The number of ether oxygens (including phenoxy) is 4. The molecular formula is C21H27NO5. The Morgan fingerprint density at radius 3 is 2.26 bits per heavy atom. The summed E-state index contributed by atoms with van der Waals surface area (Å²) < 4.78 is 21.5. The Balaban J connectivity index is 1.74. The largest absolute Gasteiger partial charge is 0.493 e. The molecule has 0 saturated carbocycles. The Bertz CT molecular complexity index is 760. The molecule has 2 aromatic rings. The molecule has 0 heterocycles. The average molecular weight is 373 g/mol. The third kappa shape index (κ3) is 6.09. The van der Waals surface area contributed by atoms with Crippen LogP contribution in [0.2, 0.25) is 0 Å². The van der Waals surface area contributed by atoms with E-state index in [2.05, 4.69) is 5.32 Å². The molecule has 0 aliphatic rings. The summed E-state index contributed by atoms with van der Waals surface area (Å²) in [5.74, 6) is 2.67. The van der Waals surface area contributed by atoms with E-state index in [0.29, 0.717) is 49.0 Å². The fraction of sp³-hybridized carbons (Fsp3) is 0.381. The highest BCUT2D eigenvalue weighted by molar-refractivity contribution is 5.76. The normalized spacial score (nSPS) is 10.2. The quantitative estimate of drug-likeness (QED) is 0.648. The van der Waals surface area contributed by atoms with Crippen LogP contribution in [0.5, 0.6) is 23.0 Å². The fourth-order valence-electron chi connectivity index (χ4n) is 2.63. The van der Waals surface area contributed by atoms with Crippen LogP contribution in [0.4, 0.5) is 0 Å². The first kappa shape index (κ1) is 20.4. The minimum Gasteiger partial charge on any atom is -0.493 e. The van der Waals surface area contributed by atoms with Crippen LogP contribution in [-0.4, -0.2) is 40.4 Å². The highest BCUT2D eigenvalue weighted by Crippen LogP contribution is 2.28. The van der Waals surface area contributed by atoms with Gasteiger partial charge in [0.15, 0.2) is 23.0 Å². The van der Waals surface area contributed by atoms with Gasteiger partial charge in [0, 0.05) is 6.42 Å². The highest BCUT2D eigenvalue weighted by Gasteiger charge is 2.08. The van der Waals surface area contributed by atoms with Gasteiger partial charge in [-0.1, -0.05) is 12.1 Å². The van der Waals surface area contributed by atoms with Crippen LogP contribution in [0.3, 0.4) is 0 Å². The number of aryl methyl sites for hydroxylation is 2. The molecule has 0 saturated heterocycles. The molecule has 27 heavy (non-hydrogen) atoms. The van der Waals surface area contributed by atoms with E-state index in [-0.39, 0.29) is 5.91 Å². The zero-order valence-corrected chi connectivity index (χ0v) is 16.3. The summed E-state index contributed by atoms with van der Waals surface area (Å²) in [5, 5.41) is 2.86. The number of nitrogens with one attached hydrogen (secondary N) is 1. The number of hydrogen-bond acceptors (Lipinski definition) is 5. The summed E-state index contributed by atoms with van der Waals surface area (Å²) in [6, 6.07) is 11.4. The average Bonchev–Trinajstić information content (AvgIpc) is 2.70. The molecule has 146 valence electrons. The monoisotopic (exact) mass is 373 g/mol. The van der Waals surface area contributed by atoms with E-state index in [1.807, 2.05) is 43.3 Å². The number of rotatable bonds is 10. The first-order valence-electron chi connectivity index (χ1n) is 8.82. The van der Waals surface area contributed by atoms with Gasteiger partial charge in [-0.25, -0.2) is 0 Å². The number of methoxy groups -OCH3 is 3. The summed E-state index contributed by atoms with van der Waals surface area (Å²) in [4.78, 5) is 12.0. The van der Waals surface area contributed by atoms with Crippen molar-refractivity contribution in [3.63, 3.8) is 0 Å². The molecule has 2 aromatic carbocycles. The summed E-state index contributed by atoms with van der Waals surface area (Å²) in [5.41, 5.74) is 2.12. The molecule has 6 nitrogen and oxygen atoms in total. The summed E-state index contributed by atoms with van der Waals surface area (Å²) >= 11 is 0. The molecule has 0 fully saturated rings. The van der Waals surface area contributed by atoms with Crippen LogP contribution < -0.4 is 24.3 Å². The summed E-state index contributed by atoms with van der Waals surface area (Å²) in [6.45, 7) is 2.80. The van der Waals surface area contributed by atoms with Gasteiger partial charge in [-0.15, -0.1) is 0 Å². The van der Waals surface area contributed by atoms with Gasteiger partial charge in [0.25, 0.3) is 0 Å². The van der Waals surface area contributed by atoms with Crippen molar-refractivity contribution in [3.8, 4) is 23.0 Å². The van der Waals surface area contributed by atoms with Crippen molar-refractivity contribution in [3.05, 3.63) is 47.5 Å². The molecule has 0 spiro atoms. The Morgan fingerprint density at radius 1 is 0.889 bits per heavy atom. The Labute approximate surface area is 160 Å². The molecule has 0 aliphatic carbocycles. The second kappa shape index (κ2) is 10.3. The minimum absolute atomic E-state index is 0.0238. The maximum absolute atomic E-state index is 12.0. The van der Waals surface area contributed by atoms with Crippen LogP contribution in [0.15, 0.2) is 36.4 Å². The van der Waals surface area contributed by atoms with E-state index < -0.39 is 0 Å². The second-order valence-electron chi connectivity index (χ2n) is 6.04. The van der Waals surface area contributed by atoms with E-state index in [1.165, 1.54) is 0 Å². The van der Waals surface area contributed by atoms with E-state index in [4.69, 9.17) is 18.9 Å². The Hall–Kier alpha value is -2.89. The van der Waals surface area contributed by atoms with Crippen molar-refractivity contribution in [1.29, 1.82) is 0 Å². The molecule has 1 N–H and O–H groups in total. The number of amides is 1. The Kier molecular flexibility index (Phi) is 7.79. The smallest absolute Gasteiger partial charge is 0.220 e. The third-order valence-electron chi connectivity index (χ3n) is 4.09. The molecule has 0 unspecified atom stereocenters. The van der Waals surface area contributed by atoms with Gasteiger partial charge in [-0.2, -0.15) is 0 Å². The highest BCUT2D eigenvalue weighted by atomic mass is 16.5. The van der Waals surface area contributed by atoms with Crippen molar-refractivity contribution < 1.29 is 23.7 Å². The maximum Gasteiger partial charge on any atom is 0.220 e. The zero-order valence-electron chi connectivity index (χ0n) is 16.3. The Morgan fingerprint density at radius 2 is 1.56 bits per heavy atom. The lowest BCUT2D eigenvalue weighted by Gasteiger charge is -2.12. The van der Waals surface area contributed by atoms with Crippen molar-refractivity contribution in [2.24, 2.45) is 0 Å². The van der Waals surface area contributed by atoms with Crippen molar-refractivity contribution >= 4 is 5.91 Å². The van der Waals surface area contributed by atoms with Crippen LogP contribution in [0.1, 0.15) is 17.5 Å². The first-order valence-corrected chi connectivity index (χ1v) is 8.82. The molecular weight excluding hydrogens is 346 g/mol. The SMILES string of the molecule is COc1ccc(CCC(=O)NCCOc2ccc(C)cc2OC)cc1OC. The van der Waals surface area contributed by atoms with Crippen LogP contribution >= 0.6 is 0 Å². The van der Waals surface area contributed by atoms with Crippen LogP contribution in [0, 0.1) is 6.92 Å². The number of benzene rings is 2. The minimum atomic E-state index is -0.0238. The van der Waals surface area contributed by atoms with Crippen LogP contribution in [0.25, 0.3) is 0 Å². The van der Waals surface area contributed by atoms with Crippen molar-refractivity contribution in [1.82, 2.24) is 5.32 Å². The third-order valence-corrected chi connectivity index (χ3v) is 4.09. The molecule has 0 atom stereocenters. The van der Waals surface area contributed by atoms with Gasteiger partial charge < -0.3 is 24.3 Å². The molecule has 6 heteroatoms. The predicted molar refractivity (Wildman–Crippen MR) is 104 cm³/mol. The van der Waals surface area contributed by atoms with E-state index in [9.17, 15) is 4.79 Å². The number of carbonyl (C=O) groups excluding carboxylic acids is 1. The topological polar surface area (TPSA) is 66.0 Å². The van der Waals surface area contributed by atoms with Gasteiger partial charge in [-0.05, 0) is 48.7 Å². The van der Waals surface area contributed by atoms with Crippen LogP contribution in [-0.2, 0) is 11.2 Å². The lowest BCUT2D eigenvalue weighted by atomic mass is 10.1. The molecule has 0 aromatic heterocycles. The molecule has 0 aliphatic heterocycles. The van der Waals surface area contributed by atoms with Gasteiger partial charge in [0.1, 0.15) is 6.61 Å². The van der Waals surface area contributed by atoms with Gasteiger partial charge in [-0.3, -0.25) is 4.79 Å².